The van der Waals surface area contributed by atoms with Crippen molar-refractivity contribution in [3.05, 3.63) is 19.8 Å². The van der Waals surface area contributed by atoms with E-state index in [0.29, 0.717) is 17.3 Å². The molecule has 0 saturated carbocycles. The Bertz CT molecular complexity index is 344. The van der Waals surface area contributed by atoms with Crippen molar-refractivity contribution >= 4 is 38.9 Å². The first-order chi connectivity index (χ1) is 7.19. The summed E-state index contributed by atoms with van der Waals surface area (Å²) in [6.45, 7) is 0.738. The molecule has 3 nitrogen and oxygen atoms in total. The van der Waals surface area contributed by atoms with E-state index in [4.69, 9.17) is 22.0 Å². The van der Waals surface area contributed by atoms with E-state index < -0.39 is 0 Å². The molecule has 1 rings (SSSR count). The van der Waals surface area contributed by atoms with Gasteiger partial charge < -0.3 is 5.11 Å². The summed E-state index contributed by atoms with van der Waals surface area (Å²) in [7, 11) is 0. The summed E-state index contributed by atoms with van der Waals surface area (Å²) in [5.74, 6) is 0. The molecule has 0 amide bonds. The molecule has 1 unspecified atom stereocenters. The maximum atomic E-state index is 8.95. The van der Waals surface area contributed by atoms with Crippen molar-refractivity contribution < 1.29 is 5.11 Å². The van der Waals surface area contributed by atoms with E-state index in [9.17, 15) is 0 Å². The lowest BCUT2D eigenvalue weighted by Gasteiger charge is -2.07. The Hall–Kier alpha value is -0.120. The summed E-state index contributed by atoms with van der Waals surface area (Å²) in [6.07, 6.45) is 0.637. The highest BCUT2D eigenvalue weighted by molar-refractivity contribution is 9.10. The van der Waals surface area contributed by atoms with E-state index in [1.54, 1.807) is 0 Å². The summed E-state index contributed by atoms with van der Waals surface area (Å²) in [5, 5.41) is 20.6. The van der Waals surface area contributed by atoms with Gasteiger partial charge in [0, 0.05) is 16.0 Å². The highest BCUT2D eigenvalue weighted by atomic mass is 79.9. The van der Waals surface area contributed by atoms with E-state index in [1.165, 1.54) is 11.3 Å². The van der Waals surface area contributed by atoms with Crippen LogP contribution in [0, 0.1) is 11.3 Å². The first kappa shape index (κ1) is 12.9. The molecule has 6 heteroatoms. The van der Waals surface area contributed by atoms with Gasteiger partial charge in [0.2, 0.25) is 0 Å². The van der Waals surface area contributed by atoms with Crippen LogP contribution in [0.2, 0.25) is 4.34 Å². The fourth-order valence-corrected chi connectivity index (χ4v) is 2.80. The average molecular weight is 310 g/mol. The van der Waals surface area contributed by atoms with Gasteiger partial charge >= 0.3 is 0 Å². The Labute approximate surface area is 106 Å². The maximum Gasteiger partial charge on any atom is 0.130 e. The molecule has 2 N–H and O–H groups in total. The zero-order valence-corrected chi connectivity index (χ0v) is 11.0. The number of nitriles is 1. The van der Waals surface area contributed by atoms with Crippen molar-refractivity contribution in [3.63, 3.8) is 0 Å². The minimum absolute atomic E-state index is 0.125. The first-order valence-electron chi connectivity index (χ1n) is 4.37. The molecule has 1 heterocycles. The Morgan fingerprint density at radius 1 is 1.73 bits per heavy atom. The molecule has 0 bridgehead atoms. The number of nitrogens with zero attached hydrogens (tertiary/aromatic N) is 1. The van der Waals surface area contributed by atoms with E-state index in [-0.39, 0.29) is 12.6 Å². The fourth-order valence-electron chi connectivity index (χ4n) is 1.04. The number of rotatable bonds is 5. The quantitative estimate of drug-likeness (QED) is 0.822. The lowest BCUT2D eigenvalue weighted by Crippen LogP contribution is -2.20. The van der Waals surface area contributed by atoms with Gasteiger partial charge in [0.1, 0.15) is 10.4 Å². The smallest absolute Gasteiger partial charge is 0.130 e. The van der Waals surface area contributed by atoms with E-state index in [1.807, 2.05) is 6.07 Å². The Kier molecular flexibility index (Phi) is 5.58. The van der Waals surface area contributed by atoms with Crippen molar-refractivity contribution in [1.29, 1.82) is 5.26 Å². The van der Waals surface area contributed by atoms with Crippen LogP contribution in [0.25, 0.3) is 0 Å². The second kappa shape index (κ2) is 6.46. The summed E-state index contributed by atoms with van der Waals surface area (Å²) in [6, 6.07) is 3.64. The van der Waals surface area contributed by atoms with Gasteiger partial charge in [-0.05, 0) is 35.0 Å². The number of hydrogen-bond acceptors (Lipinski definition) is 4. The molecule has 1 atom stereocenters. The summed E-state index contributed by atoms with van der Waals surface area (Å²) >= 11 is 10.6. The minimum atomic E-state index is -0.356. The maximum absolute atomic E-state index is 8.95. The third-order valence-electron chi connectivity index (χ3n) is 1.76. The predicted octanol–water partition coefficient (Wildman–Crippen LogP) is 2.70. The molecule has 0 aromatic carbocycles. The van der Waals surface area contributed by atoms with Gasteiger partial charge in [-0.3, -0.25) is 5.32 Å². The van der Waals surface area contributed by atoms with Crippen LogP contribution < -0.4 is 5.32 Å². The van der Waals surface area contributed by atoms with Crippen molar-refractivity contribution in [1.82, 2.24) is 5.32 Å². The number of halogens is 2. The van der Waals surface area contributed by atoms with Crippen LogP contribution in [0.15, 0.2) is 10.5 Å². The van der Waals surface area contributed by atoms with Gasteiger partial charge in [0.05, 0.1) is 6.07 Å². The third kappa shape index (κ3) is 3.74. The number of hydrogen-bond donors (Lipinski definition) is 2. The molecule has 0 aliphatic carbocycles. The molecular formula is C9H10BrClN2OS. The fraction of sp³-hybridized carbons (Fsp3) is 0.444. The van der Waals surface area contributed by atoms with E-state index in [2.05, 4.69) is 27.3 Å². The molecule has 0 radical (unpaired) electrons. The summed E-state index contributed by atoms with van der Waals surface area (Å²) in [5.41, 5.74) is 0. The van der Waals surface area contributed by atoms with Gasteiger partial charge in [0.25, 0.3) is 0 Å². The van der Waals surface area contributed by atoms with Gasteiger partial charge in [-0.15, -0.1) is 11.3 Å². The molecule has 0 saturated heterocycles. The molecule has 1 aromatic heterocycles. The molecule has 0 spiro atoms. The minimum Gasteiger partial charge on any atom is -0.396 e. The monoisotopic (exact) mass is 308 g/mol. The lowest BCUT2D eigenvalue weighted by molar-refractivity contribution is 0.285. The van der Waals surface area contributed by atoms with Crippen LogP contribution in [0.4, 0.5) is 0 Å². The zero-order valence-electron chi connectivity index (χ0n) is 7.83. The molecule has 15 heavy (non-hydrogen) atoms. The van der Waals surface area contributed by atoms with Gasteiger partial charge in [-0.2, -0.15) is 5.26 Å². The Morgan fingerprint density at radius 3 is 2.93 bits per heavy atom. The topological polar surface area (TPSA) is 56.0 Å². The lowest BCUT2D eigenvalue weighted by atomic mass is 10.2. The van der Waals surface area contributed by atoms with Gasteiger partial charge in [-0.25, -0.2) is 0 Å². The number of aliphatic hydroxyl groups excluding tert-OH is 1. The summed E-state index contributed by atoms with van der Waals surface area (Å²) in [4.78, 5) is 0.882. The SMILES string of the molecule is N#CC(NCCCO)c1cc(Br)c(Cl)s1. The molecule has 0 fully saturated rings. The molecule has 1 aromatic rings. The number of aliphatic hydroxyl groups is 1. The number of thiophene rings is 1. The highest BCUT2D eigenvalue weighted by Gasteiger charge is 2.14. The normalized spacial score (nSPS) is 12.4. The first-order valence-corrected chi connectivity index (χ1v) is 6.36. The molecule has 82 valence electrons. The predicted molar refractivity (Wildman–Crippen MR) is 65.1 cm³/mol. The van der Waals surface area contributed by atoms with E-state index in [0.717, 1.165) is 9.35 Å². The Morgan fingerprint density at radius 2 is 2.47 bits per heavy atom. The molecular weight excluding hydrogens is 300 g/mol. The van der Waals surface area contributed by atoms with Gasteiger partial charge in [-0.1, -0.05) is 11.6 Å². The molecule has 0 aliphatic heterocycles. The van der Waals surface area contributed by atoms with Crippen LogP contribution in [0.3, 0.4) is 0 Å². The second-order valence-corrected chi connectivity index (χ2v) is 5.40. The third-order valence-corrected chi connectivity index (χ3v) is 4.30. The van der Waals surface area contributed by atoms with Crippen LogP contribution in [0.1, 0.15) is 17.3 Å². The van der Waals surface area contributed by atoms with Crippen molar-refractivity contribution in [2.75, 3.05) is 13.2 Å². The zero-order chi connectivity index (χ0) is 11.3. The van der Waals surface area contributed by atoms with Crippen LogP contribution in [-0.2, 0) is 0 Å². The van der Waals surface area contributed by atoms with Crippen LogP contribution in [0.5, 0.6) is 0 Å². The second-order valence-electron chi connectivity index (χ2n) is 2.86. The van der Waals surface area contributed by atoms with Crippen molar-refractivity contribution in [2.45, 2.75) is 12.5 Å². The van der Waals surface area contributed by atoms with Crippen LogP contribution >= 0.6 is 38.9 Å². The van der Waals surface area contributed by atoms with Crippen LogP contribution in [-0.4, -0.2) is 18.3 Å². The van der Waals surface area contributed by atoms with Gasteiger partial charge in [0.15, 0.2) is 0 Å². The highest BCUT2D eigenvalue weighted by Crippen LogP contribution is 2.34. The average Bonchev–Trinajstić information content (AvgIpc) is 2.54. The van der Waals surface area contributed by atoms with E-state index >= 15 is 0 Å². The standard InChI is InChI=1S/C9H10BrClN2OS/c10-6-4-8(15-9(6)11)7(5-12)13-2-1-3-14/h4,7,13-14H,1-3H2. The Balaban J connectivity index is 2.63. The number of nitrogens with one attached hydrogen (secondary N) is 1. The van der Waals surface area contributed by atoms with Crippen molar-refractivity contribution in [3.8, 4) is 6.07 Å². The summed E-state index contributed by atoms with van der Waals surface area (Å²) < 4.78 is 1.46. The van der Waals surface area contributed by atoms with Crippen molar-refractivity contribution in [2.24, 2.45) is 0 Å². The molecule has 0 aliphatic rings. The largest absolute Gasteiger partial charge is 0.396 e.